The normalized spacial score (nSPS) is 27.3. The van der Waals surface area contributed by atoms with E-state index in [-0.39, 0.29) is 24.0 Å². The molecule has 7 nitrogen and oxygen atoms in total. The second kappa shape index (κ2) is 4.66. The highest BCUT2D eigenvalue weighted by molar-refractivity contribution is 7.09. The van der Waals surface area contributed by atoms with E-state index in [1.807, 2.05) is 9.80 Å². The third-order valence-corrected chi connectivity index (χ3v) is 5.15. The number of hydrogen-bond donors (Lipinski definition) is 1. The van der Waals surface area contributed by atoms with Gasteiger partial charge in [-0.25, -0.2) is 9.78 Å². The van der Waals surface area contributed by atoms with Crippen LogP contribution in [0.15, 0.2) is 0 Å². The van der Waals surface area contributed by atoms with Crippen LogP contribution in [0.4, 0.5) is 9.93 Å². The van der Waals surface area contributed by atoms with Gasteiger partial charge in [-0.2, -0.15) is 4.37 Å². The molecule has 4 rings (SSSR count). The number of anilines is 1. The van der Waals surface area contributed by atoms with Crippen molar-refractivity contribution >= 4 is 28.6 Å². The van der Waals surface area contributed by atoms with Crippen molar-refractivity contribution in [2.75, 3.05) is 18.4 Å². The minimum atomic E-state index is -0.121. The van der Waals surface area contributed by atoms with Gasteiger partial charge in [-0.3, -0.25) is 10.1 Å². The molecule has 2 aliphatic heterocycles. The number of piperazine rings is 1. The fourth-order valence-corrected chi connectivity index (χ4v) is 3.89. The number of carbonyl (C=O) groups excluding carboxylic acids is 2. The standard InChI is InChI=1S/C13H17N5O2S/c1-7(19)17-5-10-4-9(17)6-18(10)13(20)15-12-14-11(16-21-12)8-2-3-8/h8-10H,2-6H2,1H3,(H,14,15,16,20)/t9-,10-/m0/s1. The largest absolute Gasteiger partial charge is 0.336 e. The van der Waals surface area contributed by atoms with Gasteiger partial charge in [0.05, 0.1) is 12.1 Å². The van der Waals surface area contributed by atoms with Gasteiger partial charge in [-0.05, 0) is 19.3 Å². The van der Waals surface area contributed by atoms with Crippen molar-refractivity contribution in [3.8, 4) is 0 Å². The Hall–Kier alpha value is -1.70. The lowest BCUT2D eigenvalue weighted by molar-refractivity contribution is -0.130. The maximum absolute atomic E-state index is 12.3. The molecule has 2 bridgehead atoms. The smallest absolute Gasteiger partial charge is 0.324 e. The lowest BCUT2D eigenvalue weighted by Crippen LogP contribution is -2.51. The summed E-state index contributed by atoms with van der Waals surface area (Å²) in [4.78, 5) is 31.9. The summed E-state index contributed by atoms with van der Waals surface area (Å²) in [6, 6.07) is 0.189. The summed E-state index contributed by atoms with van der Waals surface area (Å²) in [7, 11) is 0. The minimum Gasteiger partial charge on any atom is -0.336 e. The molecule has 21 heavy (non-hydrogen) atoms. The van der Waals surface area contributed by atoms with E-state index >= 15 is 0 Å². The lowest BCUT2D eigenvalue weighted by atomic mass is 10.2. The van der Waals surface area contributed by atoms with Crippen molar-refractivity contribution in [1.82, 2.24) is 19.2 Å². The second-order valence-electron chi connectivity index (χ2n) is 6.03. The van der Waals surface area contributed by atoms with Crippen LogP contribution in [0.1, 0.15) is 37.9 Å². The number of amides is 3. The van der Waals surface area contributed by atoms with E-state index in [2.05, 4.69) is 14.7 Å². The van der Waals surface area contributed by atoms with Crippen LogP contribution in [-0.2, 0) is 4.79 Å². The van der Waals surface area contributed by atoms with E-state index in [1.54, 1.807) is 6.92 Å². The summed E-state index contributed by atoms with van der Waals surface area (Å²) in [5.41, 5.74) is 0. The molecule has 0 aromatic carbocycles. The van der Waals surface area contributed by atoms with E-state index in [0.717, 1.165) is 25.1 Å². The topological polar surface area (TPSA) is 78.4 Å². The van der Waals surface area contributed by atoms with Crippen molar-refractivity contribution in [3.63, 3.8) is 0 Å². The van der Waals surface area contributed by atoms with Crippen molar-refractivity contribution < 1.29 is 9.59 Å². The number of fused-ring (bicyclic) bond motifs is 2. The van der Waals surface area contributed by atoms with E-state index < -0.39 is 0 Å². The van der Waals surface area contributed by atoms with E-state index in [4.69, 9.17) is 0 Å². The summed E-state index contributed by atoms with van der Waals surface area (Å²) in [5, 5.41) is 3.42. The Kier molecular flexibility index (Phi) is 2.88. The van der Waals surface area contributed by atoms with Crippen LogP contribution in [0.25, 0.3) is 0 Å². The van der Waals surface area contributed by atoms with Crippen molar-refractivity contribution in [2.45, 2.75) is 44.2 Å². The molecular formula is C13H17N5O2S. The summed E-state index contributed by atoms with van der Waals surface area (Å²) < 4.78 is 4.29. The highest BCUT2D eigenvalue weighted by Crippen LogP contribution is 2.39. The fourth-order valence-electron chi connectivity index (χ4n) is 3.26. The minimum absolute atomic E-state index is 0.0979. The first kappa shape index (κ1) is 13.0. The predicted octanol–water partition coefficient (Wildman–Crippen LogP) is 1.25. The first-order valence-electron chi connectivity index (χ1n) is 7.30. The molecule has 1 aliphatic carbocycles. The molecule has 8 heteroatoms. The Morgan fingerprint density at radius 2 is 1.95 bits per heavy atom. The molecule has 3 heterocycles. The van der Waals surface area contributed by atoms with Gasteiger partial charge in [0.2, 0.25) is 11.0 Å². The Balaban J connectivity index is 1.39. The quantitative estimate of drug-likeness (QED) is 0.892. The Morgan fingerprint density at radius 3 is 2.57 bits per heavy atom. The molecule has 0 radical (unpaired) electrons. The molecule has 2 saturated heterocycles. The highest BCUT2D eigenvalue weighted by Gasteiger charge is 2.46. The first-order valence-corrected chi connectivity index (χ1v) is 8.07. The average Bonchev–Trinajstić information content (AvgIpc) is 2.89. The van der Waals surface area contributed by atoms with Crippen LogP contribution in [0, 0.1) is 0 Å². The van der Waals surface area contributed by atoms with Crippen LogP contribution >= 0.6 is 11.5 Å². The van der Waals surface area contributed by atoms with Crippen LogP contribution in [-0.4, -0.2) is 56.3 Å². The molecule has 1 aromatic heterocycles. The van der Waals surface area contributed by atoms with Crippen LogP contribution < -0.4 is 5.32 Å². The molecule has 112 valence electrons. The van der Waals surface area contributed by atoms with Gasteiger partial charge in [0.1, 0.15) is 5.82 Å². The molecule has 3 aliphatic rings. The lowest BCUT2D eigenvalue weighted by Gasteiger charge is -2.33. The molecule has 1 N–H and O–H groups in total. The highest BCUT2D eigenvalue weighted by atomic mass is 32.1. The van der Waals surface area contributed by atoms with Gasteiger partial charge in [-0.15, -0.1) is 0 Å². The molecule has 1 saturated carbocycles. The van der Waals surface area contributed by atoms with Crippen molar-refractivity contribution in [3.05, 3.63) is 5.82 Å². The molecule has 2 atom stereocenters. The summed E-state index contributed by atoms with van der Waals surface area (Å²) in [6.45, 7) is 2.85. The SMILES string of the molecule is CC(=O)N1C[C@@H]2C[C@H]1CN2C(=O)Nc1nc(C2CC2)ns1. The third kappa shape index (κ3) is 2.27. The molecule has 0 unspecified atom stereocenters. The number of aromatic nitrogens is 2. The van der Waals surface area contributed by atoms with E-state index in [9.17, 15) is 9.59 Å². The van der Waals surface area contributed by atoms with E-state index in [1.165, 1.54) is 11.5 Å². The van der Waals surface area contributed by atoms with E-state index in [0.29, 0.717) is 24.1 Å². The van der Waals surface area contributed by atoms with Crippen molar-refractivity contribution in [1.29, 1.82) is 0 Å². The number of likely N-dealkylation sites (tertiary alicyclic amines) is 2. The van der Waals surface area contributed by atoms with Gasteiger partial charge >= 0.3 is 6.03 Å². The fraction of sp³-hybridized carbons (Fsp3) is 0.692. The second-order valence-corrected chi connectivity index (χ2v) is 6.78. The summed E-state index contributed by atoms with van der Waals surface area (Å²) >= 11 is 1.25. The monoisotopic (exact) mass is 307 g/mol. The molecule has 3 amide bonds. The zero-order chi connectivity index (χ0) is 14.6. The zero-order valence-electron chi connectivity index (χ0n) is 11.8. The van der Waals surface area contributed by atoms with Gasteiger partial charge < -0.3 is 9.80 Å². The number of carbonyl (C=O) groups is 2. The molecular weight excluding hydrogens is 290 g/mol. The summed E-state index contributed by atoms with van der Waals surface area (Å²) in [5.74, 6) is 1.46. The molecule has 0 spiro atoms. The number of nitrogens with zero attached hydrogens (tertiary/aromatic N) is 4. The Labute approximate surface area is 126 Å². The third-order valence-electron chi connectivity index (χ3n) is 4.50. The molecule has 1 aromatic rings. The molecule has 3 fully saturated rings. The Bertz CT molecular complexity index is 599. The number of hydrogen-bond acceptors (Lipinski definition) is 5. The van der Waals surface area contributed by atoms with Gasteiger partial charge in [0.25, 0.3) is 0 Å². The zero-order valence-corrected chi connectivity index (χ0v) is 12.6. The Morgan fingerprint density at radius 1 is 1.24 bits per heavy atom. The number of nitrogens with one attached hydrogen (secondary N) is 1. The van der Waals surface area contributed by atoms with Crippen LogP contribution in [0.2, 0.25) is 0 Å². The predicted molar refractivity (Wildman–Crippen MR) is 77.2 cm³/mol. The average molecular weight is 307 g/mol. The van der Waals surface area contributed by atoms with Gasteiger partial charge in [-0.1, -0.05) is 0 Å². The van der Waals surface area contributed by atoms with Gasteiger partial charge in [0, 0.05) is 37.5 Å². The first-order chi connectivity index (χ1) is 10.1. The van der Waals surface area contributed by atoms with Crippen LogP contribution in [0.3, 0.4) is 0 Å². The maximum Gasteiger partial charge on any atom is 0.324 e. The van der Waals surface area contributed by atoms with Gasteiger partial charge in [0.15, 0.2) is 0 Å². The van der Waals surface area contributed by atoms with Crippen molar-refractivity contribution in [2.24, 2.45) is 0 Å². The number of rotatable bonds is 2. The summed E-state index contributed by atoms with van der Waals surface area (Å²) in [6.07, 6.45) is 3.19. The maximum atomic E-state index is 12.3. The van der Waals surface area contributed by atoms with Crippen LogP contribution in [0.5, 0.6) is 0 Å². The number of urea groups is 1.